The number of rotatable bonds is 4. The molecule has 0 amide bonds. The lowest BCUT2D eigenvalue weighted by atomic mass is 10.0. The molecule has 1 unspecified atom stereocenters. The highest BCUT2D eigenvalue weighted by Crippen LogP contribution is 2.31. The van der Waals surface area contributed by atoms with Crippen molar-refractivity contribution in [3.05, 3.63) is 47.7 Å². The third-order valence-corrected chi connectivity index (χ3v) is 4.14. The molecule has 122 valence electrons. The zero-order valence-corrected chi connectivity index (χ0v) is 13.3. The van der Waals surface area contributed by atoms with Crippen molar-refractivity contribution in [1.82, 2.24) is 14.8 Å². The zero-order chi connectivity index (χ0) is 16.2. The quantitative estimate of drug-likeness (QED) is 0.937. The van der Waals surface area contributed by atoms with Gasteiger partial charge in [0.25, 0.3) is 0 Å². The van der Waals surface area contributed by atoms with Gasteiger partial charge in [0, 0.05) is 19.7 Å². The standard InChI is InChI=1S/C17H22N4O2/c1-20-16(18)12-14(19-20)15-9-5-6-10-21(15)23-17(22)11-13-7-3-2-4-8-13/h2-4,7-8,12,15H,5-6,9-11,18H2,1H3. The molecule has 1 fully saturated rings. The summed E-state index contributed by atoms with van der Waals surface area (Å²) in [6, 6.07) is 11.5. The Morgan fingerprint density at radius 2 is 2.13 bits per heavy atom. The lowest BCUT2D eigenvalue weighted by molar-refractivity contribution is -0.209. The second kappa shape index (κ2) is 6.83. The Hall–Kier alpha value is -2.34. The predicted molar refractivity (Wildman–Crippen MR) is 87.2 cm³/mol. The van der Waals surface area contributed by atoms with E-state index < -0.39 is 0 Å². The fourth-order valence-electron chi connectivity index (χ4n) is 2.90. The Balaban J connectivity index is 1.68. The molecule has 2 N–H and O–H groups in total. The molecule has 0 aliphatic carbocycles. The Kier molecular flexibility index (Phi) is 4.62. The van der Waals surface area contributed by atoms with Crippen molar-refractivity contribution in [3.63, 3.8) is 0 Å². The van der Waals surface area contributed by atoms with Crippen LogP contribution in [0.1, 0.15) is 36.6 Å². The summed E-state index contributed by atoms with van der Waals surface area (Å²) in [6.07, 6.45) is 3.29. The van der Waals surface area contributed by atoms with Gasteiger partial charge in [-0.3, -0.25) is 4.68 Å². The second-order valence-electron chi connectivity index (χ2n) is 5.90. The van der Waals surface area contributed by atoms with E-state index in [1.54, 1.807) is 9.75 Å². The maximum absolute atomic E-state index is 12.2. The minimum absolute atomic E-state index is 0.0213. The summed E-state index contributed by atoms with van der Waals surface area (Å²) in [4.78, 5) is 17.8. The average Bonchev–Trinajstić information content (AvgIpc) is 2.88. The van der Waals surface area contributed by atoms with Gasteiger partial charge in [0.2, 0.25) is 0 Å². The maximum atomic E-state index is 12.2. The van der Waals surface area contributed by atoms with Crippen LogP contribution in [0.25, 0.3) is 0 Å². The summed E-state index contributed by atoms with van der Waals surface area (Å²) in [5.41, 5.74) is 7.68. The van der Waals surface area contributed by atoms with E-state index in [4.69, 9.17) is 10.6 Å². The van der Waals surface area contributed by atoms with E-state index in [-0.39, 0.29) is 18.4 Å². The van der Waals surface area contributed by atoms with E-state index in [1.807, 2.05) is 43.4 Å². The summed E-state index contributed by atoms with van der Waals surface area (Å²) in [6.45, 7) is 0.724. The van der Waals surface area contributed by atoms with Crippen LogP contribution in [-0.4, -0.2) is 27.4 Å². The predicted octanol–water partition coefficient (Wildman–Crippen LogP) is 2.23. The molecule has 1 aliphatic heterocycles. The minimum Gasteiger partial charge on any atom is -0.384 e. The van der Waals surface area contributed by atoms with E-state index in [2.05, 4.69) is 5.10 Å². The molecule has 1 aliphatic rings. The number of hydrogen-bond acceptors (Lipinski definition) is 5. The van der Waals surface area contributed by atoms with Gasteiger partial charge in [0.1, 0.15) is 5.82 Å². The molecule has 0 saturated carbocycles. The first kappa shape index (κ1) is 15.6. The number of anilines is 1. The van der Waals surface area contributed by atoms with Crippen LogP contribution < -0.4 is 5.73 Å². The van der Waals surface area contributed by atoms with E-state index >= 15 is 0 Å². The molecule has 0 radical (unpaired) electrons. The Bertz CT molecular complexity index is 649. The monoisotopic (exact) mass is 314 g/mol. The number of benzene rings is 1. The molecular formula is C17H22N4O2. The van der Waals surface area contributed by atoms with Crippen molar-refractivity contribution in [2.24, 2.45) is 7.05 Å². The van der Waals surface area contributed by atoms with E-state index in [9.17, 15) is 4.79 Å². The number of hydrogen-bond donors (Lipinski definition) is 1. The van der Waals surface area contributed by atoms with Crippen molar-refractivity contribution < 1.29 is 9.63 Å². The molecule has 23 heavy (non-hydrogen) atoms. The van der Waals surface area contributed by atoms with Crippen LogP contribution in [0.3, 0.4) is 0 Å². The van der Waals surface area contributed by atoms with Gasteiger partial charge in [-0.2, -0.15) is 5.10 Å². The highest BCUT2D eigenvalue weighted by atomic mass is 16.7. The average molecular weight is 314 g/mol. The number of aryl methyl sites for hydroxylation is 1. The van der Waals surface area contributed by atoms with Crippen molar-refractivity contribution in [1.29, 1.82) is 0 Å². The highest BCUT2D eigenvalue weighted by Gasteiger charge is 2.29. The molecule has 6 nitrogen and oxygen atoms in total. The van der Waals surface area contributed by atoms with Crippen LogP contribution in [0.15, 0.2) is 36.4 Å². The first-order valence-electron chi connectivity index (χ1n) is 7.94. The van der Waals surface area contributed by atoms with Gasteiger partial charge < -0.3 is 10.6 Å². The lowest BCUT2D eigenvalue weighted by Gasteiger charge is -2.32. The summed E-state index contributed by atoms with van der Waals surface area (Å²) >= 11 is 0. The molecule has 1 saturated heterocycles. The zero-order valence-electron chi connectivity index (χ0n) is 13.3. The number of carbonyl (C=O) groups excluding carboxylic acids is 1. The molecule has 2 heterocycles. The van der Waals surface area contributed by atoms with Crippen molar-refractivity contribution >= 4 is 11.8 Å². The van der Waals surface area contributed by atoms with Gasteiger partial charge in [-0.1, -0.05) is 30.3 Å². The first-order valence-corrected chi connectivity index (χ1v) is 7.94. The molecule has 0 spiro atoms. The Labute approximate surface area is 135 Å². The Morgan fingerprint density at radius 1 is 1.35 bits per heavy atom. The van der Waals surface area contributed by atoms with Gasteiger partial charge in [0.05, 0.1) is 18.2 Å². The van der Waals surface area contributed by atoms with Crippen LogP contribution in [0.4, 0.5) is 5.82 Å². The SMILES string of the molecule is Cn1nc(C2CCCCN2OC(=O)Cc2ccccc2)cc1N. The molecule has 2 aromatic rings. The minimum atomic E-state index is -0.244. The molecule has 3 rings (SSSR count). The van der Waals surface area contributed by atoms with E-state index in [1.165, 1.54) is 0 Å². The van der Waals surface area contributed by atoms with Crippen LogP contribution in [0, 0.1) is 0 Å². The fourth-order valence-corrected chi connectivity index (χ4v) is 2.90. The fraction of sp³-hybridized carbons (Fsp3) is 0.412. The summed E-state index contributed by atoms with van der Waals surface area (Å²) in [5, 5.41) is 6.19. The number of nitrogens with zero attached hydrogens (tertiary/aromatic N) is 3. The van der Waals surface area contributed by atoms with Crippen molar-refractivity contribution in [3.8, 4) is 0 Å². The third kappa shape index (κ3) is 3.71. The largest absolute Gasteiger partial charge is 0.384 e. The number of carbonyl (C=O) groups is 1. The van der Waals surface area contributed by atoms with Gasteiger partial charge >= 0.3 is 5.97 Å². The molecule has 1 aromatic carbocycles. The molecular weight excluding hydrogens is 292 g/mol. The first-order chi connectivity index (χ1) is 11.1. The van der Waals surface area contributed by atoms with Crippen molar-refractivity contribution in [2.45, 2.75) is 31.7 Å². The van der Waals surface area contributed by atoms with Gasteiger partial charge in [-0.25, -0.2) is 4.79 Å². The maximum Gasteiger partial charge on any atom is 0.329 e. The van der Waals surface area contributed by atoms with Crippen LogP contribution in [-0.2, 0) is 23.1 Å². The van der Waals surface area contributed by atoms with E-state index in [0.29, 0.717) is 5.82 Å². The van der Waals surface area contributed by atoms with Gasteiger partial charge in [-0.05, 0) is 24.8 Å². The second-order valence-corrected chi connectivity index (χ2v) is 5.90. The van der Waals surface area contributed by atoms with E-state index in [0.717, 1.165) is 37.1 Å². The number of aromatic nitrogens is 2. The molecule has 1 atom stereocenters. The molecule has 1 aromatic heterocycles. The Morgan fingerprint density at radius 3 is 2.83 bits per heavy atom. The number of piperidine rings is 1. The third-order valence-electron chi connectivity index (χ3n) is 4.14. The van der Waals surface area contributed by atoms with Crippen molar-refractivity contribution in [2.75, 3.05) is 12.3 Å². The van der Waals surface area contributed by atoms with Crippen LogP contribution in [0.2, 0.25) is 0 Å². The van der Waals surface area contributed by atoms with Gasteiger partial charge in [0.15, 0.2) is 0 Å². The van der Waals surface area contributed by atoms with Crippen LogP contribution in [0.5, 0.6) is 0 Å². The molecule has 6 heteroatoms. The smallest absolute Gasteiger partial charge is 0.329 e. The number of nitrogens with two attached hydrogens (primary N) is 1. The van der Waals surface area contributed by atoms with Gasteiger partial charge in [-0.15, -0.1) is 5.06 Å². The number of hydroxylamine groups is 2. The normalized spacial score (nSPS) is 18.7. The summed E-state index contributed by atoms with van der Waals surface area (Å²) in [7, 11) is 1.81. The molecule has 0 bridgehead atoms. The summed E-state index contributed by atoms with van der Waals surface area (Å²) < 4.78 is 1.65. The summed E-state index contributed by atoms with van der Waals surface area (Å²) in [5.74, 6) is 0.369. The topological polar surface area (TPSA) is 73.4 Å². The highest BCUT2D eigenvalue weighted by molar-refractivity contribution is 5.72. The van der Waals surface area contributed by atoms with Crippen LogP contribution >= 0.6 is 0 Å². The lowest BCUT2D eigenvalue weighted by Crippen LogP contribution is -2.36. The number of nitrogen functional groups attached to an aromatic ring is 1.